The molecule has 13 nitrogen and oxygen atoms in total. The second-order valence-electron chi connectivity index (χ2n) is 13.4. The number of carbonyl (C=O) groups is 2. The van der Waals surface area contributed by atoms with Crippen LogP contribution in [-0.2, 0) is 43.5 Å². The molecule has 0 aliphatic carbocycles. The number of nitrogens with one attached hydrogen (secondary N) is 1. The number of aryl methyl sites for hydroxylation is 1. The van der Waals surface area contributed by atoms with Crippen LogP contribution in [0.3, 0.4) is 0 Å². The molecule has 0 spiro atoms. The van der Waals surface area contributed by atoms with Crippen LogP contribution >= 0.6 is 0 Å². The Morgan fingerprint density at radius 2 is 1.72 bits per heavy atom. The average Bonchev–Trinajstić information content (AvgIpc) is 3.17. The molecule has 2 aliphatic heterocycles. The first-order valence-corrected chi connectivity index (χ1v) is 18.6. The minimum atomic E-state index is -0.823. The van der Waals surface area contributed by atoms with Crippen molar-refractivity contribution in [2.24, 2.45) is 0 Å². The zero-order valence-electron chi connectivity index (χ0n) is 30.6. The number of piperidine rings is 1. The first-order valence-electron chi connectivity index (χ1n) is 18.6. The van der Waals surface area contributed by atoms with Gasteiger partial charge in [-0.05, 0) is 72.6 Å². The van der Waals surface area contributed by atoms with Crippen LogP contribution in [0.2, 0.25) is 0 Å². The van der Waals surface area contributed by atoms with Crippen molar-refractivity contribution in [1.82, 2.24) is 10.2 Å². The number of benzene rings is 3. The zero-order valence-corrected chi connectivity index (χ0v) is 30.6. The molecule has 2 unspecified atom stereocenters. The molecule has 2 aliphatic rings. The molecule has 3 aromatic rings. The van der Waals surface area contributed by atoms with Gasteiger partial charge in [-0.1, -0.05) is 54.6 Å². The van der Waals surface area contributed by atoms with E-state index in [2.05, 4.69) is 45.4 Å². The minimum absolute atomic E-state index is 0.0331. The number of nitrogens with zero attached hydrogens (tertiary/aromatic N) is 3. The lowest BCUT2D eigenvalue weighted by Crippen LogP contribution is -2.47. The van der Waals surface area contributed by atoms with Gasteiger partial charge in [-0.2, -0.15) is 0 Å². The predicted molar refractivity (Wildman–Crippen MR) is 199 cm³/mol. The van der Waals surface area contributed by atoms with Crippen molar-refractivity contribution in [2.45, 2.75) is 70.7 Å². The van der Waals surface area contributed by atoms with E-state index in [0.717, 1.165) is 54.8 Å². The molecule has 2 heterocycles. The van der Waals surface area contributed by atoms with Crippen LogP contribution < -0.4 is 15.0 Å². The summed E-state index contributed by atoms with van der Waals surface area (Å²) in [5, 5.41) is 12.4. The van der Waals surface area contributed by atoms with Crippen molar-refractivity contribution >= 4 is 17.7 Å². The van der Waals surface area contributed by atoms with Gasteiger partial charge in [-0.3, -0.25) is 4.79 Å². The van der Waals surface area contributed by atoms with Gasteiger partial charge in [0.1, 0.15) is 5.75 Å². The fourth-order valence-electron chi connectivity index (χ4n) is 6.74. The summed E-state index contributed by atoms with van der Waals surface area (Å²) in [5.74, 6) is 0.802. The zero-order chi connectivity index (χ0) is 37.3. The molecule has 2 amide bonds. The molecule has 13 heteroatoms. The van der Waals surface area contributed by atoms with Gasteiger partial charge in [-0.25, -0.2) is 4.79 Å². The van der Waals surface area contributed by atoms with Crippen molar-refractivity contribution in [2.75, 3.05) is 64.1 Å². The quantitative estimate of drug-likeness (QED) is 0.0828. The molecule has 0 saturated carbocycles. The van der Waals surface area contributed by atoms with E-state index >= 15 is 0 Å². The van der Waals surface area contributed by atoms with Gasteiger partial charge < -0.3 is 38.9 Å². The maximum Gasteiger partial charge on any atom is 0.409 e. The van der Waals surface area contributed by atoms with Crippen LogP contribution in [0.1, 0.15) is 67.2 Å². The molecule has 1 fully saturated rings. The summed E-state index contributed by atoms with van der Waals surface area (Å²) in [7, 11) is 0. The highest BCUT2D eigenvalue weighted by Gasteiger charge is 2.34. The van der Waals surface area contributed by atoms with E-state index in [1.165, 1.54) is 18.2 Å². The van der Waals surface area contributed by atoms with Crippen LogP contribution in [0.5, 0.6) is 5.75 Å². The summed E-state index contributed by atoms with van der Waals surface area (Å²) in [4.78, 5) is 43.2. The van der Waals surface area contributed by atoms with Crippen molar-refractivity contribution in [3.8, 4) is 5.75 Å². The van der Waals surface area contributed by atoms with Crippen LogP contribution in [0.25, 0.3) is 0 Å². The number of anilines is 1. The summed E-state index contributed by atoms with van der Waals surface area (Å²) in [5.41, 5.74) is 5.77. The fraction of sp³-hybridized carbons (Fsp3) is 0.500. The fourth-order valence-corrected chi connectivity index (χ4v) is 6.74. The van der Waals surface area contributed by atoms with Crippen molar-refractivity contribution in [3.63, 3.8) is 0 Å². The summed E-state index contributed by atoms with van der Waals surface area (Å²) in [6.45, 7) is 6.91. The Morgan fingerprint density at radius 1 is 0.906 bits per heavy atom. The van der Waals surface area contributed by atoms with Crippen molar-refractivity contribution < 1.29 is 38.5 Å². The molecule has 5 rings (SSSR count). The van der Waals surface area contributed by atoms with E-state index in [1.807, 2.05) is 42.5 Å². The molecular weight excluding hydrogens is 680 g/mol. The van der Waals surface area contributed by atoms with Crippen molar-refractivity contribution in [3.05, 3.63) is 105 Å². The van der Waals surface area contributed by atoms with E-state index in [-0.39, 0.29) is 31.1 Å². The van der Waals surface area contributed by atoms with Crippen LogP contribution in [0.4, 0.5) is 10.5 Å². The van der Waals surface area contributed by atoms with Gasteiger partial charge in [0, 0.05) is 51.1 Å². The Morgan fingerprint density at radius 3 is 2.51 bits per heavy atom. The van der Waals surface area contributed by atoms with Crippen LogP contribution in [0, 0.1) is 10.1 Å². The highest BCUT2D eigenvalue weighted by molar-refractivity contribution is 5.72. The highest BCUT2D eigenvalue weighted by Crippen LogP contribution is 2.34. The topological polar surface area (TPSA) is 142 Å². The van der Waals surface area contributed by atoms with Gasteiger partial charge in [0.2, 0.25) is 5.91 Å². The molecule has 286 valence electrons. The summed E-state index contributed by atoms with van der Waals surface area (Å²) in [6.07, 6.45) is 3.72. The lowest BCUT2D eigenvalue weighted by Gasteiger charge is -2.38. The number of ether oxygens (including phenoxy) is 4. The summed E-state index contributed by atoms with van der Waals surface area (Å²) >= 11 is 0. The third-order valence-corrected chi connectivity index (χ3v) is 9.48. The first-order chi connectivity index (χ1) is 25.9. The molecule has 53 heavy (non-hydrogen) atoms. The van der Waals surface area contributed by atoms with Gasteiger partial charge in [0.25, 0.3) is 5.09 Å². The number of carbonyl (C=O) groups excluding carboxylic acids is 2. The average molecular weight is 733 g/mol. The third-order valence-electron chi connectivity index (χ3n) is 9.48. The molecular formula is C40H52N4O9. The summed E-state index contributed by atoms with van der Waals surface area (Å²) in [6, 6.07) is 24.7. The lowest BCUT2D eigenvalue weighted by molar-refractivity contribution is -0.757. The Kier molecular flexibility index (Phi) is 15.6. The largest absolute Gasteiger partial charge is 0.494 e. The van der Waals surface area contributed by atoms with E-state index < -0.39 is 11.2 Å². The molecule has 2 atom stereocenters. The van der Waals surface area contributed by atoms with E-state index in [4.69, 9.17) is 18.9 Å². The van der Waals surface area contributed by atoms with E-state index in [1.54, 1.807) is 4.90 Å². The number of fused-ring (bicyclic) bond motifs is 1. The van der Waals surface area contributed by atoms with Crippen LogP contribution in [0.15, 0.2) is 72.8 Å². The number of hydrogen-bond donors (Lipinski definition) is 1. The minimum Gasteiger partial charge on any atom is -0.494 e. The first kappa shape index (κ1) is 39.3. The Hall–Kier alpha value is -4.88. The lowest BCUT2D eigenvalue weighted by atomic mass is 9.87. The van der Waals surface area contributed by atoms with Gasteiger partial charge in [0.05, 0.1) is 52.3 Å². The number of unbranched alkanes of at least 4 members (excludes halogenated alkanes) is 1. The Bertz CT molecular complexity index is 1590. The highest BCUT2D eigenvalue weighted by atomic mass is 16.9. The number of rotatable bonds is 20. The number of hydrogen-bond acceptors (Lipinski definition) is 10. The molecule has 1 N–H and O–H groups in total. The maximum absolute atomic E-state index is 13.1. The van der Waals surface area contributed by atoms with E-state index in [0.29, 0.717) is 65.3 Å². The van der Waals surface area contributed by atoms with Gasteiger partial charge in [0.15, 0.2) is 0 Å². The standard InChI is InChI=1S/C40H52N4O9/c1-31(45)41-19-22-42-20-7-11-35-13-12-33(27-38(35)42)30-52-39-28-43(40(46)51-24-5-6-26-53-44(47)48)21-18-37(39)34-14-16-36(17-15-34)50-25-8-23-49-29-32-9-3-2-4-10-32/h2-4,9-10,12-17,27,37,39H,5-8,11,18-26,28-30H2,1H3,(H,41,45). The SMILES string of the molecule is CC(=O)NCCN1CCCc2ccc(COC3CN(C(=O)OCCCCO[N+](=O)[O-])CCC3c3ccc(OCCCOCc4ccccc4)cc3)cc21. The predicted octanol–water partition coefficient (Wildman–Crippen LogP) is 6.06. The maximum atomic E-state index is 13.1. The van der Waals surface area contributed by atoms with Crippen molar-refractivity contribution in [1.29, 1.82) is 0 Å². The van der Waals surface area contributed by atoms with Crippen LogP contribution in [-0.4, -0.2) is 87.2 Å². The van der Waals surface area contributed by atoms with E-state index in [9.17, 15) is 19.7 Å². The Labute approximate surface area is 311 Å². The Balaban J connectivity index is 1.18. The molecule has 3 aromatic carbocycles. The summed E-state index contributed by atoms with van der Waals surface area (Å²) < 4.78 is 23.9. The smallest absolute Gasteiger partial charge is 0.409 e. The third kappa shape index (κ3) is 12.9. The molecule has 1 saturated heterocycles. The van der Waals surface area contributed by atoms with Gasteiger partial charge >= 0.3 is 6.09 Å². The molecule has 0 bridgehead atoms. The molecule has 0 aromatic heterocycles. The second-order valence-corrected chi connectivity index (χ2v) is 13.4. The number of amides is 2. The second kappa shape index (κ2) is 21.0. The van der Waals surface area contributed by atoms with Gasteiger partial charge in [-0.15, -0.1) is 10.1 Å². The molecule has 0 radical (unpaired) electrons. The monoisotopic (exact) mass is 732 g/mol. The number of likely N-dealkylation sites (tertiary alicyclic amines) is 1. The normalized spacial score (nSPS) is 16.8.